The number of benzene rings is 1. The van der Waals surface area contributed by atoms with Crippen molar-refractivity contribution < 1.29 is 9.53 Å². The van der Waals surface area contributed by atoms with E-state index in [4.69, 9.17) is 4.74 Å². The zero-order chi connectivity index (χ0) is 12.7. The Bertz CT molecular complexity index is 485. The number of nitrogens with zero attached hydrogens (tertiary/aromatic N) is 1. The molecule has 0 spiro atoms. The van der Waals surface area contributed by atoms with Crippen LogP contribution in [0.15, 0.2) is 18.2 Å². The minimum atomic E-state index is -0.366. The van der Waals surface area contributed by atoms with Crippen LogP contribution in [-0.2, 0) is 4.79 Å². The van der Waals surface area contributed by atoms with Gasteiger partial charge in [0.25, 0.3) is 5.91 Å². The lowest BCUT2D eigenvalue weighted by molar-refractivity contribution is -0.125. The molecule has 3 nitrogen and oxygen atoms in total. The van der Waals surface area contributed by atoms with Gasteiger partial charge in [0.2, 0.25) is 0 Å². The molecule has 1 atom stereocenters. The van der Waals surface area contributed by atoms with Crippen LogP contribution in [0.4, 0.5) is 5.69 Å². The Morgan fingerprint density at radius 3 is 2.94 bits per heavy atom. The molecule has 1 aromatic carbocycles. The smallest absolute Gasteiger partial charge is 0.267 e. The number of rotatable bonds is 3. The highest BCUT2D eigenvalue weighted by atomic mass is 127. The van der Waals surface area contributed by atoms with Crippen molar-refractivity contribution in [1.82, 2.24) is 0 Å². The van der Waals surface area contributed by atoms with Crippen molar-refractivity contribution in [3.05, 3.63) is 21.8 Å². The summed E-state index contributed by atoms with van der Waals surface area (Å²) < 4.78 is 6.82. The first kappa shape index (κ1) is 12.3. The quantitative estimate of drug-likeness (QED) is 0.778. The molecule has 1 aromatic rings. The van der Waals surface area contributed by atoms with E-state index < -0.39 is 0 Å². The van der Waals surface area contributed by atoms with E-state index in [2.05, 4.69) is 22.6 Å². The lowest BCUT2D eigenvalue weighted by Gasteiger charge is -2.33. The molecule has 0 bridgehead atoms. The Hall–Kier alpha value is -0.780. The first-order valence-electron chi connectivity index (χ1n) is 6.43. The molecule has 18 heavy (non-hydrogen) atoms. The minimum absolute atomic E-state index is 0.0874. The number of ether oxygens (including phenoxy) is 1. The van der Waals surface area contributed by atoms with Crippen LogP contribution in [0.3, 0.4) is 0 Å². The molecule has 1 unspecified atom stereocenters. The van der Waals surface area contributed by atoms with Gasteiger partial charge in [0, 0.05) is 10.1 Å². The summed E-state index contributed by atoms with van der Waals surface area (Å²) in [5.41, 5.74) is 0.930. The molecule has 0 saturated heterocycles. The van der Waals surface area contributed by atoms with Gasteiger partial charge in [-0.2, -0.15) is 0 Å². The number of halogens is 1. The second kappa shape index (κ2) is 4.72. The summed E-state index contributed by atoms with van der Waals surface area (Å²) in [6.07, 6.45) is 3.40. The van der Waals surface area contributed by atoms with Crippen LogP contribution < -0.4 is 9.64 Å². The number of carbonyl (C=O) groups is 1. The Balaban J connectivity index is 1.88. The largest absolute Gasteiger partial charge is 0.479 e. The molecule has 0 N–H and O–H groups in total. The molecule has 2 aliphatic rings. The van der Waals surface area contributed by atoms with Crippen LogP contribution in [0.5, 0.6) is 5.75 Å². The topological polar surface area (TPSA) is 29.5 Å². The third-order valence-electron chi connectivity index (χ3n) is 3.59. The van der Waals surface area contributed by atoms with Gasteiger partial charge in [-0.05, 0) is 60.1 Å². The number of carbonyl (C=O) groups excluding carboxylic acids is 1. The zero-order valence-corrected chi connectivity index (χ0v) is 12.5. The summed E-state index contributed by atoms with van der Waals surface area (Å²) in [6, 6.07) is 6.02. The van der Waals surface area contributed by atoms with Crippen molar-refractivity contribution in [3.8, 4) is 5.75 Å². The highest BCUT2D eigenvalue weighted by molar-refractivity contribution is 14.1. The predicted octanol–water partition coefficient (Wildman–Crippen LogP) is 3.21. The highest BCUT2D eigenvalue weighted by Gasteiger charge is 2.32. The first-order chi connectivity index (χ1) is 8.65. The number of fused-ring (bicyclic) bond motifs is 1. The van der Waals surface area contributed by atoms with Gasteiger partial charge in [-0.15, -0.1) is 0 Å². The van der Waals surface area contributed by atoms with Gasteiger partial charge in [-0.1, -0.05) is 12.8 Å². The lowest BCUT2D eigenvalue weighted by Crippen LogP contribution is -2.45. The second-order valence-corrected chi connectivity index (χ2v) is 6.34. The van der Waals surface area contributed by atoms with E-state index in [1.807, 2.05) is 30.0 Å². The average molecular weight is 357 g/mol. The van der Waals surface area contributed by atoms with E-state index >= 15 is 0 Å². The third kappa shape index (κ3) is 2.35. The molecule has 1 amide bonds. The summed E-state index contributed by atoms with van der Waals surface area (Å²) in [5, 5.41) is 0. The van der Waals surface area contributed by atoms with E-state index in [1.54, 1.807) is 0 Å². The summed E-state index contributed by atoms with van der Waals surface area (Å²) in [6.45, 7) is 2.65. The van der Waals surface area contributed by atoms with Crippen LogP contribution in [0.2, 0.25) is 0 Å². The fraction of sp³-hybridized carbons (Fsp3) is 0.500. The van der Waals surface area contributed by atoms with Crippen LogP contribution in [-0.4, -0.2) is 18.6 Å². The van der Waals surface area contributed by atoms with E-state index in [0.717, 1.165) is 33.9 Å². The fourth-order valence-electron chi connectivity index (χ4n) is 2.33. The molecule has 1 aliphatic heterocycles. The Morgan fingerprint density at radius 1 is 1.44 bits per heavy atom. The van der Waals surface area contributed by atoms with E-state index in [-0.39, 0.29) is 12.0 Å². The molecule has 1 aliphatic carbocycles. The molecule has 0 aromatic heterocycles. The Morgan fingerprint density at radius 2 is 2.22 bits per heavy atom. The highest BCUT2D eigenvalue weighted by Crippen LogP contribution is 2.37. The molecule has 4 heteroatoms. The Labute approximate surface area is 121 Å². The maximum atomic E-state index is 12.2. The first-order valence-corrected chi connectivity index (χ1v) is 7.50. The van der Waals surface area contributed by atoms with Gasteiger partial charge in [-0.25, -0.2) is 0 Å². The average Bonchev–Trinajstić information content (AvgIpc) is 3.14. The lowest BCUT2D eigenvalue weighted by atomic mass is 10.1. The normalized spacial score (nSPS) is 22.7. The van der Waals surface area contributed by atoms with Gasteiger partial charge in [0.05, 0.1) is 5.69 Å². The number of hydrogen-bond donors (Lipinski definition) is 0. The van der Waals surface area contributed by atoms with Crippen molar-refractivity contribution in [2.24, 2.45) is 5.92 Å². The molecule has 1 heterocycles. The molecule has 3 rings (SSSR count). The van der Waals surface area contributed by atoms with Crippen molar-refractivity contribution in [1.29, 1.82) is 0 Å². The molecule has 0 radical (unpaired) electrons. The van der Waals surface area contributed by atoms with Crippen LogP contribution >= 0.6 is 22.6 Å². The molecular weight excluding hydrogens is 341 g/mol. The van der Waals surface area contributed by atoms with Crippen molar-refractivity contribution in [2.75, 3.05) is 11.4 Å². The van der Waals surface area contributed by atoms with Crippen molar-refractivity contribution >= 4 is 34.2 Å². The molecule has 1 fully saturated rings. The van der Waals surface area contributed by atoms with Crippen molar-refractivity contribution in [2.45, 2.75) is 32.3 Å². The molecule has 96 valence electrons. The Kier molecular flexibility index (Phi) is 3.21. The standard InChI is InChI=1S/C14H16INO2/c1-9-14(17)16(7-6-10-2-3-10)12-5-4-11(15)8-13(12)18-9/h4-5,8-10H,2-3,6-7H2,1H3. The maximum Gasteiger partial charge on any atom is 0.267 e. The van der Waals surface area contributed by atoms with E-state index in [1.165, 1.54) is 12.8 Å². The van der Waals surface area contributed by atoms with Gasteiger partial charge < -0.3 is 9.64 Å². The van der Waals surface area contributed by atoms with Gasteiger partial charge in [0.1, 0.15) is 5.75 Å². The van der Waals surface area contributed by atoms with Gasteiger partial charge in [0.15, 0.2) is 6.10 Å². The second-order valence-electron chi connectivity index (χ2n) is 5.09. The number of amides is 1. The predicted molar refractivity (Wildman–Crippen MR) is 78.9 cm³/mol. The fourth-order valence-corrected chi connectivity index (χ4v) is 2.80. The molecular formula is C14H16INO2. The summed E-state index contributed by atoms with van der Waals surface area (Å²) in [4.78, 5) is 14.1. The summed E-state index contributed by atoms with van der Waals surface area (Å²) >= 11 is 2.26. The van der Waals surface area contributed by atoms with Gasteiger partial charge >= 0.3 is 0 Å². The van der Waals surface area contributed by atoms with E-state index in [0.29, 0.717) is 0 Å². The SMILES string of the molecule is CC1Oc2cc(I)ccc2N(CCC2CC2)C1=O. The van der Waals surface area contributed by atoms with Crippen molar-refractivity contribution in [3.63, 3.8) is 0 Å². The van der Waals surface area contributed by atoms with E-state index in [9.17, 15) is 4.79 Å². The number of anilines is 1. The van der Waals surface area contributed by atoms with Crippen LogP contribution in [0.1, 0.15) is 26.2 Å². The van der Waals surface area contributed by atoms with Crippen LogP contribution in [0, 0.1) is 9.49 Å². The number of hydrogen-bond acceptors (Lipinski definition) is 2. The zero-order valence-electron chi connectivity index (χ0n) is 10.4. The summed E-state index contributed by atoms with van der Waals surface area (Å²) in [5.74, 6) is 1.76. The molecule has 1 saturated carbocycles. The monoisotopic (exact) mass is 357 g/mol. The maximum absolute atomic E-state index is 12.2. The third-order valence-corrected chi connectivity index (χ3v) is 4.26. The minimum Gasteiger partial charge on any atom is -0.479 e. The van der Waals surface area contributed by atoms with Gasteiger partial charge in [-0.3, -0.25) is 4.79 Å². The van der Waals surface area contributed by atoms with Crippen LogP contribution in [0.25, 0.3) is 0 Å². The summed E-state index contributed by atoms with van der Waals surface area (Å²) in [7, 11) is 0.